The lowest BCUT2D eigenvalue weighted by Gasteiger charge is -2.18. The van der Waals surface area contributed by atoms with Crippen LogP contribution in [0.5, 0.6) is 0 Å². The van der Waals surface area contributed by atoms with Gasteiger partial charge in [-0.2, -0.15) is 0 Å². The average molecular weight is 306 g/mol. The first-order chi connectivity index (χ1) is 10.6. The first kappa shape index (κ1) is 18.7. The summed E-state index contributed by atoms with van der Waals surface area (Å²) >= 11 is 0. The Morgan fingerprint density at radius 2 is 1.73 bits per heavy atom. The molecule has 22 heavy (non-hydrogen) atoms. The van der Waals surface area contributed by atoms with Gasteiger partial charge in [0, 0.05) is 13.0 Å². The number of carboxylic acid groups (broad SMARTS) is 1. The number of hydrogen-bond acceptors (Lipinski definition) is 2. The van der Waals surface area contributed by atoms with Crippen LogP contribution in [-0.2, 0) is 4.74 Å². The predicted octanol–water partition coefficient (Wildman–Crippen LogP) is 5.11. The molecule has 0 aliphatic heterocycles. The van der Waals surface area contributed by atoms with Gasteiger partial charge in [0.2, 0.25) is 0 Å². The second-order valence-electron chi connectivity index (χ2n) is 6.43. The van der Waals surface area contributed by atoms with Gasteiger partial charge in [0.25, 0.3) is 0 Å². The van der Waals surface area contributed by atoms with E-state index < -0.39 is 5.97 Å². The standard InChI is InChI=1S/C19H30O3/c1-15(2)10-6-4-5-7-11-16(14-22-3)17-12-8-9-13-18(17)19(20)21/h8-9,12-13,15-16H,4-7,10-11,14H2,1-3H3,(H,20,21). The van der Waals surface area contributed by atoms with Crippen LogP contribution in [0.3, 0.4) is 0 Å². The molecular weight excluding hydrogens is 276 g/mol. The molecule has 3 nitrogen and oxygen atoms in total. The lowest BCUT2D eigenvalue weighted by atomic mass is 9.90. The van der Waals surface area contributed by atoms with Crippen molar-refractivity contribution < 1.29 is 14.6 Å². The highest BCUT2D eigenvalue weighted by molar-refractivity contribution is 5.89. The van der Waals surface area contributed by atoms with Gasteiger partial charge in [-0.05, 0) is 24.0 Å². The van der Waals surface area contributed by atoms with Crippen LogP contribution in [0.25, 0.3) is 0 Å². The van der Waals surface area contributed by atoms with Crippen molar-refractivity contribution >= 4 is 5.97 Å². The minimum Gasteiger partial charge on any atom is -0.478 e. The lowest BCUT2D eigenvalue weighted by molar-refractivity contribution is 0.0694. The molecule has 0 bridgehead atoms. The van der Waals surface area contributed by atoms with Crippen molar-refractivity contribution in [3.63, 3.8) is 0 Å². The normalized spacial score (nSPS) is 12.5. The van der Waals surface area contributed by atoms with Crippen LogP contribution in [0, 0.1) is 5.92 Å². The molecule has 1 aromatic carbocycles. The molecule has 0 aliphatic carbocycles. The van der Waals surface area contributed by atoms with Crippen LogP contribution in [0.2, 0.25) is 0 Å². The van der Waals surface area contributed by atoms with Crippen LogP contribution in [0.15, 0.2) is 24.3 Å². The van der Waals surface area contributed by atoms with Crippen molar-refractivity contribution in [2.24, 2.45) is 5.92 Å². The smallest absolute Gasteiger partial charge is 0.335 e. The van der Waals surface area contributed by atoms with Gasteiger partial charge in [0.15, 0.2) is 0 Å². The highest BCUT2D eigenvalue weighted by Gasteiger charge is 2.18. The van der Waals surface area contributed by atoms with Crippen LogP contribution in [0.4, 0.5) is 0 Å². The fourth-order valence-corrected chi connectivity index (χ4v) is 2.87. The first-order valence-corrected chi connectivity index (χ1v) is 8.37. The van der Waals surface area contributed by atoms with Crippen molar-refractivity contribution in [2.75, 3.05) is 13.7 Å². The number of benzene rings is 1. The molecule has 0 radical (unpaired) electrons. The van der Waals surface area contributed by atoms with Gasteiger partial charge in [-0.1, -0.05) is 64.2 Å². The van der Waals surface area contributed by atoms with Crippen LogP contribution in [-0.4, -0.2) is 24.8 Å². The number of ether oxygens (including phenoxy) is 1. The van der Waals surface area contributed by atoms with Gasteiger partial charge in [-0.3, -0.25) is 0 Å². The summed E-state index contributed by atoms with van der Waals surface area (Å²) in [6.45, 7) is 5.10. The molecule has 0 amide bonds. The number of methoxy groups -OCH3 is 1. The van der Waals surface area contributed by atoms with E-state index in [4.69, 9.17) is 4.74 Å². The number of hydrogen-bond donors (Lipinski definition) is 1. The third-order valence-corrected chi connectivity index (χ3v) is 4.08. The summed E-state index contributed by atoms with van der Waals surface area (Å²) in [6.07, 6.45) is 7.17. The molecule has 0 spiro atoms. The Labute approximate surface area is 134 Å². The number of carbonyl (C=O) groups is 1. The molecule has 0 fully saturated rings. The average Bonchev–Trinajstić information content (AvgIpc) is 2.49. The zero-order valence-corrected chi connectivity index (χ0v) is 14.2. The molecular formula is C19H30O3. The molecule has 124 valence electrons. The summed E-state index contributed by atoms with van der Waals surface area (Å²) in [5, 5.41) is 9.34. The van der Waals surface area contributed by atoms with Gasteiger partial charge >= 0.3 is 5.97 Å². The Bertz CT molecular complexity index is 440. The van der Waals surface area contributed by atoms with E-state index in [2.05, 4.69) is 13.8 Å². The van der Waals surface area contributed by atoms with Crippen LogP contribution >= 0.6 is 0 Å². The lowest BCUT2D eigenvalue weighted by Crippen LogP contribution is -2.12. The number of rotatable bonds is 11. The van der Waals surface area contributed by atoms with E-state index in [0.717, 1.165) is 24.3 Å². The molecule has 0 heterocycles. The molecule has 0 saturated heterocycles. The molecule has 1 aromatic rings. The second kappa shape index (κ2) is 10.4. The van der Waals surface area contributed by atoms with E-state index in [-0.39, 0.29) is 5.92 Å². The van der Waals surface area contributed by atoms with Gasteiger partial charge in [0.1, 0.15) is 0 Å². The minimum absolute atomic E-state index is 0.169. The highest BCUT2D eigenvalue weighted by atomic mass is 16.5. The van der Waals surface area contributed by atoms with Crippen LogP contribution in [0.1, 0.15) is 74.2 Å². The largest absolute Gasteiger partial charge is 0.478 e. The summed E-state index contributed by atoms with van der Waals surface area (Å²) in [5.74, 6) is 0.0970. The molecule has 1 atom stereocenters. The van der Waals surface area contributed by atoms with E-state index >= 15 is 0 Å². The van der Waals surface area contributed by atoms with Crippen molar-refractivity contribution in [3.05, 3.63) is 35.4 Å². The van der Waals surface area contributed by atoms with Crippen molar-refractivity contribution in [1.29, 1.82) is 0 Å². The molecule has 0 aliphatic rings. The first-order valence-electron chi connectivity index (χ1n) is 8.37. The van der Waals surface area contributed by atoms with Gasteiger partial charge in [0.05, 0.1) is 12.2 Å². The van der Waals surface area contributed by atoms with Gasteiger partial charge in [-0.25, -0.2) is 4.79 Å². The fourth-order valence-electron chi connectivity index (χ4n) is 2.87. The van der Waals surface area contributed by atoms with Crippen molar-refractivity contribution in [3.8, 4) is 0 Å². The van der Waals surface area contributed by atoms with E-state index in [1.165, 1.54) is 25.7 Å². The monoisotopic (exact) mass is 306 g/mol. The van der Waals surface area contributed by atoms with Gasteiger partial charge < -0.3 is 9.84 Å². The van der Waals surface area contributed by atoms with Crippen molar-refractivity contribution in [2.45, 2.75) is 58.3 Å². The van der Waals surface area contributed by atoms with E-state index in [0.29, 0.717) is 12.2 Å². The second-order valence-corrected chi connectivity index (χ2v) is 6.43. The summed E-state index contributed by atoms with van der Waals surface area (Å²) in [4.78, 5) is 11.4. The highest BCUT2D eigenvalue weighted by Crippen LogP contribution is 2.26. The number of carboxylic acids is 1. The third-order valence-electron chi connectivity index (χ3n) is 4.08. The molecule has 0 aromatic heterocycles. The fraction of sp³-hybridized carbons (Fsp3) is 0.632. The maximum Gasteiger partial charge on any atom is 0.335 e. The Balaban J connectivity index is 2.54. The zero-order chi connectivity index (χ0) is 16.4. The molecule has 1 unspecified atom stereocenters. The Kier molecular flexibility index (Phi) is 8.83. The van der Waals surface area contributed by atoms with Crippen molar-refractivity contribution in [1.82, 2.24) is 0 Å². The number of unbranched alkanes of at least 4 members (excludes halogenated alkanes) is 3. The Hall–Kier alpha value is -1.35. The summed E-state index contributed by atoms with van der Waals surface area (Å²) in [6, 6.07) is 7.30. The predicted molar refractivity (Wildman–Crippen MR) is 90.6 cm³/mol. The maximum atomic E-state index is 11.4. The molecule has 1 N–H and O–H groups in total. The molecule has 1 rings (SSSR count). The molecule has 0 saturated carbocycles. The summed E-state index contributed by atoms with van der Waals surface area (Å²) in [7, 11) is 1.68. The SMILES string of the molecule is COCC(CCCCCCC(C)C)c1ccccc1C(=O)O. The Morgan fingerprint density at radius 3 is 2.32 bits per heavy atom. The number of aromatic carboxylic acids is 1. The molecule has 3 heteroatoms. The van der Waals surface area contributed by atoms with E-state index in [9.17, 15) is 9.90 Å². The summed E-state index contributed by atoms with van der Waals surface area (Å²) in [5.41, 5.74) is 1.31. The zero-order valence-electron chi connectivity index (χ0n) is 14.2. The third kappa shape index (κ3) is 6.61. The van der Waals surface area contributed by atoms with Gasteiger partial charge in [-0.15, -0.1) is 0 Å². The Morgan fingerprint density at radius 1 is 1.09 bits per heavy atom. The minimum atomic E-state index is -0.853. The van der Waals surface area contributed by atoms with E-state index in [1.54, 1.807) is 19.2 Å². The maximum absolute atomic E-state index is 11.4. The quantitative estimate of drug-likeness (QED) is 0.578. The topological polar surface area (TPSA) is 46.5 Å². The van der Waals surface area contributed by atoms with E-state index in [1.807, 2.05) is 12.1 Å². The van der Waals surface area contributed by atoms with Crippen LogP contribution < -0.4 is 0 Å². The summed E-state index contributed by atoms with van der Waals surface area (Å²) < 4.78 is 5.31.